The highest BCUT2D eigenvalue weighted by atomic mass is 16.5. The summed E-state index contributed by atoms with van der Waals surface area (Å²) in [6.07, 6.45) is 0.859. The van der Waals surface area contributed by atoms with Gasteiger partial charge in [-0.3, -0.25) is 0 Å². The van der Waals surface area contributed by atoms with E-state index in [1.54, 1.807) is 7.11 Å². The SMILES string of the molecule is COc1ccc(CO[C@H](C)[C@@H](C)C=O)cc1. The Morgan fingerprint density at radius 1 is 1.25 bits per heavy atom. The first-order valence-electron chi connectivity index (χ1n) is 5.37. The highest BCUT2D eigenvalue weighted by molar-refractivity contribution is 5.53. The molecule has 3 heteroatoms. The molecule has 0 unspecified atom stereocenters. The predicted molar refractivity (Wildman–Crippen MR) is 62.5 cm³/mol. The van der Waals surface area contributed by atoms with E-state index < -0.39 is 0 Å². The fourth-order valence-electron chi connectivity index (χ4n) is 1.21. The smallest absolute Gasteiger partial charge is 0.125 e. The van der Waals surface area contributed by atoms with Crippen molar-refractivity contribution < 1.29 is 14.3 Å². The maximum atomic E-state index is 10.5. The van der Waals surface area contributed by atoms with Crippen LogP contribution in [0.2, 0.25) is 0 Å². The summed E-state index contributed by atoms with van der Waals surface area (Å²) < 4.78 is 10.6. The van der Waals surface area contributed by atoms with Gasteiger partial charge in [0.05, 0.1) is 19.8 Å². The number of methoxy groups -OCH3 is 1. The van der Waals surface area contributed by atoms with Gasteiger partial charge in [0.15, 0.2) is 0 Å². The standard InChI is InChI=1S/C13H18O3/c1-10(8-14)11(2)16-9-12-4-6-13(15-3)7-5-12/h4-8,10-11H,9H2,1-3H3/t10-,11+/m0/s1. The molecule has 0 aromatic heterocycles. The van der Waals surface area contributed by atoms with Gasteiger partial charge in [-0.2, -0.15) is 0 Å². The largest absolute Gasteiger partial charge is 0.497 e. The van der Waals surface area contributed by atoms with Crippen molar-refractivity contribution in [3.05, 3.63) is 29.8 Å². The Labute approximate surface area is 96.4 Å². The van der Waals surface area contributed by atoms with Gasteiger partial charge in [0.25, 0.3) is 0 Å². The molecule has 3 nitrogen and oxygen atoms in total. The average Bonchev–Trinajstić information content (AvgIpc) is 2.35. The van der Waals surface area contributed by atoms with Crippen molar-refractivity contribution in [1.82, 2.24) is 0 Å². The van der Waals surface area contributed by atoms with Crippen LogP contribution in [0, 0.1) is 5.92 Å². The van der Waals surface area contributed by atoms with Gasteiger partial charge in [0.1, 0.15) is 12.0 Å². The van der Waals surface area contributed by atoms with Crippen molar-refractivity contribution in [2.24, 2.45) is 5.92 Å². The minimum atomic E-state index is -0.0711. The molecule has 16 heavy (non-hydrogen) atoms. The second kappa shape index (κ2) is 6.28. The summed E-state index contributed by atoms with van der Waals surface area (Å²) in [7, 11) is 1.64. The molecule has 1 aromatic carbocycles. The first kappa shape index (κ1) is 12.7. The fourth-order valence-corrected chi connectivity index (χ4v) is 1.21. The van der Waals surface area contributed by atoms with Crippen molar-refractivity contribution in [3.63, 3.8) is 0 Å². The third-order valence-electron chi connectivity index (χ3n) is 2.63. The molecule has 0 radical (unpaired) electrons. The van der Waals surface area contributed by atoms with Crippen LogP contribution in [0.1, 0.15) is 19.4 Å². The summed E-state index contributed by atoms with van der Waals surface area (Å²) in [6, 6.07) is 7.70. The molecular weight excluding hydrogens is 204 g/mol. The second-order valence-electron chi connectivity index (χ2n) is 3.86. The van der Waals surface area contributed by atoms with E-state index in [1.807, 2.05) is 38.1 Å². The molecule has 2 atom stereocenters. The molecule has 0 fully saturated rings. The lowest BCUT2D eigenvalue weighted by Gasteiger charge is -2.15. The Kier molecular flexibility index (Phi) is 4.99. The second-order valence-corrected chi connectivity index (χ2v) is 3.86. The zero-order chi connectivity index (χ0) is 12.0. The Morgan fingerprint density at radius 2 is 1.88 bits per heavy atom. The van der Waals surface area contributed by atoms with Crippen molar-refractivity contribution in [3.8, 4) is 5.75 Å². The summed E-state index contributed by atoms with van der Waals surface area (Å²) in [5.41, 5.74) is 1.07. The molecule has 88 valence electrons. The maximum Gasteiger partial charge on any atom is 0.125 e. The van der Waals surface area contributed by atoms with Crippen LogP contribution in [0.3, 0.4) is 0 Å². The van der Waals surface area contributed by atoms with Crippen LogP contribution in [-0.4, -0.2) is 19.5 Å². The monoisotopic (exact) mass is 222 g/mol. The molecule has 0 spiro atoms. The minimum Gasteiger partial charge on any atom is -0.497 e. The zero-order valence-electron chi connectivity index (χ0n) is 9.97. The maximum absolute atomic E-state index is 10.5. The Hall–Kier alpha value is -1.35. The van der Waals surface area contributed by atoms with E-state index in [0.29, 0.717) is 6.61 Å². The number of ether oxygens (including phenoxy) is 2. The molecule has 1 aromatic rings. The number of rotatable bonds is 6. The van der Waals surface area contributed by atoms with Crippen molar-refractivity contribution in [1.29, 1.82) is 0 Å². The molecule has 0 saturated heterocycles. The van der Waals surface area contributed by atoms with Crippen LogP contribution in [-0.2, 0) is 16.1 Å². The van der Waals surface area contributed by atoms with E-state index in [1.165, 1.54) is 0 Å². The van der Waals surface area contributed by atoms with Gasteiger partial charge in [-0.25, -0.2) is 0 Å². The lowest BCUT2D eigenvalue weighted by Crippen LogP contribution is -2.18. The third kappa shape index (κ3) is 3.66. The number of benzene rings is 1. The molecule has 1 rings (SSSR count). The highest BCUT2D eigenvalue weighted by Gasteiger charge is 2.11. The summed E-state index contributed by atoms with van der Waals surface area (Å²) in [6.45, 7) is 4.28. The molecule has 0 aliphatic heterocycles. The van der Waals surface area contributed by atoms with Gasteiger partial charge in [-0.15, -0.1) is 0 Å². The van der Waals surface area contributed by atoms with Gasteiger partial charge in [0.2, 0.25) is 0 Å². The van der Waals surface area contributed by atoms with Crippen LogP contribution in [0.4, 0.5) is 0 Å². The van der Waals surface area contributed by atoms with Gasteiger partial charge < -0.3 is 14.3 Å². The summed E-state index contributed by atoms with van der Waals surface area (Å²) in [5, 5.41) is 0. The molecule has 0 amide bonds. The quantitative estimate of drug-likeness (QED) is 0.693. The van der Waals surface area contributed by atoms with E-state index in [0.717, 1.165) is 17.6 Å². The minimum absolute atomic E-state index is 0.0559. The number of aldehydes is 1. The van der Waals surface area contributed by atoms with Crippen LogP contribution in [0.5, 0.6) is 5.75 Å². The van der Waals surface area contributed by atoms with Crippen LogP contribution in [0.25, 0.3) is 0 Å². The first-order valence-corrected chi connectivity index (χ1v) is 5.37. The van der Waals surface area contributed by atoms with Crippen molar-refractivity contribution in [2.75, 3.05) is 7.11 Å². The lowest BCUT2D eigenvalue weighted by atomic mass is 10.1. The normalized spacial score (nSPS) is 14.2. The number of carbonyl (C=O) groups excluding carboxylic acids is 1. The van der Waals surface area contributed by atoms with Gasteiger partial charge in [-0.1, -0.05) is 19.1 Å². The van der Waals surface area contributed by atoms with Gasteiger partial charge in [0, 0.05) is 5.92 Å². The summed E-state index contributed by atoms with van der Waals surface area (Å²) >= 11 is 0. The van der Waals surface area contributed by atoms with E-state index in [4.69, 9.17) is 9.47 Å². The lowest BCUT2D eigenvalue weighted by molar-refractivity contribution is -0.115. The Morgan fingerprint density at radius 3 is 2.38 bits per heavy atom. The van der Waals surface area contributed by atoms with Crippen LogP contribution < -0.4 is 4.74 Å². The molecule has 0 aliphatic rings. The molecule has 0 aliphatic carbocycles. The van der Waals surface area contributed by atoms with E-state index in [9.17, 15) is 4.79 Å². The third-order valence-corrected chi connectivity index (χ3v) is 2.63. The topological polar surface area (TPSA) is 35.5 Å². The Balaban J connectivity index is 2.45. The predicted octanol–water partition coefficient (Wildman–Crippen LogP) is 2.44. The van der Waals surface area contributed by atoms with Gasteiger partial charge >= 0.3 is 0 Å². The number of hydrogen-bond donors (Lipinski definition) is 0. The molecule has 0 bridgehead atoms. The molecule has 0 heterocycles. The summed E-state index contributed by atoms with van der Waals surface area (Å²) in [5.74, 6) is 0.760. The highest BCUT2D eigenvalue weighted by Crippen LogP contribution is 2.13. The van der Waals surface area contributed by atoms with E-state index in [-0.39, 0.29) is 12.0 Å². The Bertz CT molecular complexity index is 318. The first-order chi connectivity index (χ1) is 7.67. The van der Waals surface area contributed by atoms with E-state index >= 15 is 0 Å². The molecule has 0 N–H and O–H groups in total. The van der Waals surface area contributed by atoms with Gasteiger partial charge in [-0.05, 0) is 24.6 Å². The molecule has 0 saturated carbocycles. The van der Waals surface area contributed by atoms with Crippen LogP contribution >= 0.6 is 0 Å². The van der Waals surface area contributed by atoms with E-state index in [2.05, 4.69) is 0 Å². The molecular formula is C13H18O3. The zero-order valence-corrected chi connectivity index (χ0v) is 9.97. The number of hydrogen-bond acceptors (Lipinski definition) is 3. The summed E-state index contributed by atoms with van der Waals surface area (Å²) in [4.78, 5) is 10.5. The van der Waals surface area contributed by atoms with Crippen molar-refractivity contribution in [2.45, 2.75) is 26.6 Å². The number of carbonyl (C=O) groups is 1. The average molecular weight is 222 g/mol. The van der Waals surface area contributed by atoms with Crippen LogP contribution in [0.15, 0.2) is 24.3 Å². The fraction of sp³-hybridized carbons (Fsp3) is 0.462. The van der Waals surface area contributed by atoms with Crippen molar-refractivity contribution >= 4 is 6.29 Å².